The zero-order valence-electron chi connectivity index (χ0n) is 67.1. The fourth-order valence-electron chi connectivity index (χ4n) is 11.4. The molecule has 0 aromatic carbocycles. The Morgan fingerprint density at radius 1 is 0.274 bits per heavy atom. The van der Waals surface area contributed by atoms with Crippen molar-refractivity contribution in [2.75, 3.05) is 39.6 Å². The van der Waals surface area contributed by atoms with Crippen LogP contribution in [-0.2, 0) is 65.4 Å². The summed E-state index contributed by atoms with van der Waals surface area (Å²) in [6, 6.07) is 0. The molecular weight excluding hydrogens is 1380 g/mol. The molecule has 0 radical (unpaired) electrons. The number of hydrogen-bond donors (Lipinski definition) is 3. The van der Waals surface area contributed by atoms with Gasteiger partial charge in [0, 0.05) is 25.7 Å². The highest BCUT2D eigenvalue weighted by atomic mass is 31.2. The topological polar surface area (TPSA) is 237 Å². The fraction of sp³-hybridized carbons (Fsp3) is 0.747. The van der Waals surface area contributed by atoms with Gasteiger partial charge in [-0.1, -0.05) is 317 Å². The highest BCUT2D eigenvalue weighted by Gasteiger charge is 2.30. The minimum absolute atomic E-state index is 0.0741. The number of carbonyl (C=O) groups excluding carboxylic acids is 4. The van der Waals surface area contributed by atoms with E-state index in [2.05, 4.69) is 137 Å². The third kappa shape index (κ3) is 77.9. The zero-order valence-corrected chi connectivity index (χ0v) is 68.9. The Labute approximate surface area is 645 Å². The SMILES string of the molecule is CC/C=C\C/C=C\C/C=C\C/C=C\CCCCCCCCC(=O)OCC(COP(=O)(O)OCC(O)COP(=O)(O)OCC(COC(=O)CCCCCCCCCCCCCCCCC)OC(=O)CCCCCCC/C=C\CCCCCC)OC(=O)CCCCCCCC/C=C\C/C=C\C/C=C\C/C=C\CC. The van der Waals surface area contributed by atoms with Gasteiger partial charge in [0.2, 0.25) is 0 Å². The lowest BCUT2D eigenvalue weighted by atomic mass is 10.0. The number of phosphoric acid groups is 2. The number of aliphatic hydroxyl groups is 1. The van der Waals surface area contributed by atoms with Crippen molar-refractivity contribution in [3.8, 4) is 0 Å². The number of rotatable bonds is 79. The minimum Gasteiger partial charge on any atom is -0.462 e. The van der Waals surface area contributed by atoms with Gasteiger partial charge in [0.25, 0.3) is 0 Å². The molecule has 0 aliphatic carbocycles. The quantitative estimate of drug-likeness (QED) is 0.0169. The van der Waals surface area contributed by atoms with Crippen molar-refractivity contribution in [3.63, 3.8) is 0 Å². The van der Waals surface area contributed by atoms with Gasteiger partial charge in [-0.15, -0.1) is 0 Å². The first-order chi connectivity index (χ1) is 51.7. The summed E-state index contributed by atoms with van der Waals surface area (Å²) in [5, 5.41) is 10.7. The summed E-state index contributed by atoms with van der Waals surface area (Å²) >= 11 is 0. The Bertz CT molecular complexity index is 2430. The number of phosphoric ester groups is 2. The van der Waals surface area contributed by atoms with Crippen molar-refractivity contribution in [1.82, 2.24) is 0 Å². The van der Waals surface area contributed by atoms with E-state index in [1.165, 1.54) is 96.3 Å². The second-order valence-corrected chi connectivity index (χ2v) is 30.9. The third-order valence-corrected chi connectivity index (χ3v) is 19.6. The second-order valence-electron chi connectivity index (χ2n) is 28.0. The third-order valence-electron chi connectivity index (χ3n) is 17.7. The number of allylic oxidation sites excluding steroid dienone is 18. The highest BCUT2D eigenvalue weighted by Crippen LogP contribution is 2.45. The van der Waals surface area contributed by atoms with E-state index in [1.54, 1.807) is 0 Å². The van der Waals surface area contributed by atoms with Crippen LogP contribution in [0.2, 0.25) is 0 Å². The van der Waals surface area contributed by atoms with Crippen LogP contribution in [0.25, 0.3) is 0 Å². The standard InChI is InChI=1S/C87H152O17P2/c1-5-9-13-17-21-25-29-33-36-38-40-42-45-49-52-56-60-64-68-72-85(90)98-78-83(104-87(92)74-70-66-62-58-54-50-46-43-41-39-37-34-30-26-22-18-14-10-6-2)80-102-106(95,96)100-76-81(88)75-99-105(93,94)101-79-82(103-86(91)73-69-65-61-57-53-47-32-28-24-20-16-12-8-4)77-97-84(89)71-67-63-59-55-51-48-44-35-31-27-23-19-15-11-7-3/h9-10,13-14,21-22,25-26,28,32-34,36-37,40-43,81-83,88H,5-8,11-12,15-20,23-24,27,29-31,35,38-39,44-80H2,1-4H3,(H,93,94)(H,95,96)/b13-9-,14-10-,25-21-,26-22-,32-28-,36-33-,37-34-,42-40-,43-41-. The van der Waals surface area contributed by atoms with Crippen molar-refractivity contribution in [2.24, 2.45) is 0 Å². The van der Waals surface area contributed by atoms with Crippen LogP contribution >= 0.6 is 15.6 Å². The van der Waals surface area contributed by atoms with E-state index in [4.69, 9.17) is 37.0 Å². The first-order valence-electron chi connectivity index (χ1n) is 42.1. The number of carbonyl (C=O) groups is 4. The minimum atomic E-state index is -4.99. The molecule has 0 aliphatic heterocycles. The Morgan fingerprint density at radius 3 is 0.774 bits per heavy atom. The molecule has 0 bridgehead atoms. The molecule has 3 N–H and O–H groups in total. The maximum atomic E-state index is 13.1. The van der Waals surface area contributed by atoms with Gasteiger partial charge in [0.15, 0.2) is 12.2 Å². The van der Waals surface area contributed by atoms with Gasteiger partial charge in [-0.3, -0.25) is 37.3 Å². The van der Waals surface area contributed by atoms with Crippen LogP contribution in [0, 0.1) is 0 Å². The maximum absolute atomic E-state index is 13.1. The lowest BCUT2D eigenvalue weighted by molar-refractivity contribution is -0.161. The molecule has 0 fully saturated rings. The van der Waals surface area contributed by atoms with Crippen molar-refractivity contribution >= 4 is 39.5 Å². The summed E-state index contributed by atoms with van der Waals surface area (Å²) in [6.45, 7) is 4.66. The number of esters is 4. The van der Waals surface area contributed by atoms with Gasteiger partial charge < -0.3 is 33.8 Å². The molecule has 0 saturated heterocycles. The lowest BCUT2D eigenvalue weighted by Gasteiger charge is -2.21. The van der Waals surface area contributed by atoms with Crippen LogP contribution in [0.4, 0.5) is 0 Å². The Morgan fingerprint density at radius 2 is 0.491 bits per heavy atom. The van der Waals surface area contributed by atoms with Gasteiger partial charge in [-0.05, 0) is 128 Å². The lowest BCUT2D eigenvalue weighted by Crippen LogP contribution is -2.30. The number of hydrogen-bond acceptors (Lipinski definition) is 15. The molecule has 0 saturated carbocycles. The first-order valence-corrected chi connectivity index (χ1v) is 45.1. The first kappa shape index (κ1) is 102. The van der Waals surface area contributed by atoms with E-state index in [1.807, 2.05) is 0 Å². The molecule has 0 heterocycles. The normalized spacial score (nSPS) is 14.4. The monoisotopic (exact) mass is 1530 g/mol. The van der Waals surface area contributed by atoms with Crippen LogP contribution in [0.15, 0.2) is 109 Å². The molecule has 5 unspecified atom stereocenters. The molecular formula is C87H152O17P2. The predicted molar refractivity (Wildman–Crippen MR) is 436 cm³/mol. The van der Waals surface area contributed by atoms with Crippen LogP contribution in [0.3, 0.4) is 0 Å². The molecule has 19 heteroatoms. The largest absolute Gasteiger partial charge is 0.472 e. The summed E-state index contributed by atoms with van der Waals surface area (Å²) in [7, 11) is -9.97. The summed E-state index contributed by atoms with van der Waals surface area (Å²) in [5.41, 5.74) is 0. The Hall–Kier alpha value is -4.28. The molecule has 17 nitrogen and oxygen atoms in total. The van der Waals surface area contributed by atoms with Gasteiger partial charge in [-0.25, -0.2) is 9.13 Å². The number of unbranched alkanes of at least 4 members (excludes halogenated alkanes) is 35. The van der Waals surface area contributed by atoms with E-state index in [9.17, 15) is 43.2 Å². The Kier molecular flexibility index (Phi) is 75.6. The maximum Gasteiger partial charge on any atom is 0.472 e. The molecule has 0 aliphatic rings. The van der Waals surface area contributed by atoms with Crippen LogP contribution in [0.1, 0.15) is 362 Å². The highest BCUT2D eigenvalue weighted by molar-refractivity contribution is 7.47. The van der Waals surface area contributed by atoms with Crippen LogP contribution < -0.4 is 0 Å². The van der Waals surface area contributed by atoms with Gasteiger partial charge in [0.1, 0.15) is 19.3 Å². The van der Waals surface area contributed by atoms with E-state index in [-0.39, 0.29) is 25.7 Å². The molecule has 5 atom stereocenters. The van der Waals surface area contributed by atoms with Crippen molar-refractivity contribution < 1.29 is 80.2 Å². The average molecular weight is 1530 g/mol. The molecule has 0 spiro atoms. The molecule has 0 aromatic heterocycles. The van der Waals surface area contributed by atoms with E-state index >= 15 is 0 Å². The van der Waals surface area contributed by atoms with E-state index in [0.717, 1.165) is 186 Å². The predicted octanol–water partition coefficient (Wildman–Crippen LogP) is 24.9. The molecule has 0 amide bonds. The molecule has 0 rings (SSSR count). The number of ether oxygens (including phenoxy) is 4. The smallest absolute Gasteiger partial charge is 0.462 e. The van der Waals surface area contributed by atoms with E-state index in [0.29, 0.717) is 25.7 Å². The molecule has 106 heavy (non-hydrogen) atoms. The Balaban J connectivity index is 5.37. The van der Waals surface area contributed by atoms with E-state index < -0.39 is 97.5 Å². The van der Waals surface area contributed by atoms with Crippen molar-refractivity contribution in [1.29, 1.82) is 0 Å². The van der Waals surface area contributed by atoms with Gasteiger partial charge >= 0.3 is 39.5 Å². The summed E-state index contributed by atoms with van der Waals surface area (Å²) in [6.07, 6.45) is 86.2. The summed E-state index contributed by atoms with van der Waals surface area (Å²) in [5.74, 6) is -2.19. The van der Waals surface area contributed by atoms with Gasteiger partial charge in [-0.2, -0.15) is 0 Å². The fourth-order valence-corrected chi connectivity index (χ4v) is 13.0. The zero-order chi connectivity index (χ0) is 77.4. The van der Waals surface area contributed by atoms with Crippen molar-refractivity contribution in [3.05, 3.63) is 109 Å². The molecule has 0 aromatic rings. The summed E-state index contributed by atoms with van der Waals surface area (Å²) in [4.78, 5) is 73.2. The summed E-state index contributed by atoms with van der Waals surface area (Å²) < 4.78 is 68.8. The molecule has 612 valence electrons. The van der Waals surface area contributed by atoms with Crippen LogP contribution in [0.5, 0.6) is 0 Å². The van der Waals surface area contributed by atoms with Gasteiger partial charge in [0.05, 0.1) is 26.4 Å². The average Bonchev–Trinajstić information content (AvgIpc) is 0.903. The van der Waals surface area contributed by atoms with Crippen molar-refractivity contribution in [2.45, 2.75) is 380 Å². The van der Waals surface area contributed by atoms with Crippen LogP contribution in [-0.4, -0.2) is 96.7 Å². The second kappa shape index (κ2) is 78.8. The number of aliphatic hydroxyl groups excluding tert-OH is 1.